The Morgan fingerprint density at radius 1 is 1.12 bits per heavy atom. The maximum absolute atomic E-state index is 12.7. The molecule has 0 radical (unpaired) electrons. The number of aromatic nitrogens is 2. The van der Waals surface area contributed by atoms with Crippen LogP contribution in [0.15, 0.2) is 53.1 Å². The lowest BCUT2D eigenvalue weighted by Crippen LogP contribution is -2.53. The van der Waals surface area contributed by atoms with E-state index in [4.69, 9.17) is 9.26 Å². The number of amides is 1. The summed E-state index contributed by atoms with van der Waals surface area (Å²) in [4.78, 5) is 21.7. The first kappa shape index (κ1) is 22.9. The zero-order valence-electron chi connectivity index (χ0n) is 19.5. The van der Waals surface area contributed by atoms with Crippen molar-refractivity contribution in [3.63, 3.8) is 0 Å². The van der Waals surface area contributed by atoms with Crippen LogP contribution < -0.4 is 10.1 Å². The predicted octanol–water partition coefficient (Wildman–Crippen LogP) is 2.88. The van der Waals surface area contributed by atoms with Gasteiger partial charge in [-0.25, -0.2) is 0 Å². The van der Waals surface area contributed by atoms with E-state index in [0.29, 0.717) is 24.8 Å². The van der Waals surface area contributed by atoms with Gasteiger partial charge in [0.2, 0.25) is 17.6 Å². The smallest absolute Gasteiger partial charge is 0.241 e. The molecule has 1 N–H and O–H groups in total. The van der Waals surface area contributed by atoms with Gasteiger partial charge in [0.1, 0.15) is 5.75 Å². The van der Waals surface area contributed by atoms with Gasteiger partial charge in [0, 0.05) is 43.9 Å². The van der Waals surface area contributed by atoms with Crippen LogP contribution in [0.1, 0.15) is 23.9 Å². The monoisotopic (exact) mass is 449 g/mol. The fraction of sp³-hybridized carbons (Fsp3) is 0.400. The molecule has 33 heavy (non-hydrogen) atoms. The molecule has 174 valence electrons. The molecule has 2 aromatic carbocycles. The second-order valence-electron chi connectivity index (χ2n) is 8.40. The quantitative estimate of drug-likeness (QED) is 0.566. The number of nitrogens with one attached hydrogen (secondary N) is 1. The Balaban J connectivity index is 1.24. The summed E-state index contributed by atoms with van der Waals surface area (Å²) in [6.45, 7) is 8.37. The average molecular weight is 450 g/mol. The number of hydrogen-bond donors (Lipinski definition) is 1. The van der Waals surface area contributed by atoms with Crippen LogP contribution in [0.5, 0.6) is 5.75 Å². The lowest BCUT2D eigenvalue weighted by atomic mass is 10.1. The first-order chi connectivity index (χ1) is 16.0. The van der Waals surface area contributed by atoms with Gasteiger partial charge in [-0.1, -0.05) is 53.2 Å². The van der Waals surface area contributed by atoms with Crippen LogP contribution >= 0.6 is 0 Å². The molecule has 1 fully saturated rings. The maximum Gasteiger partial charge on any atom is 0.241 e. The van der Waals surface area contributed by atoms with Crippen molar-refractivity contribution in [2.75, 3.05) is 33.3 Å². The molecule has 1 aliphatic heterocycles. The molecular weight excluding hydrogens is 418 g/mol. The van der Waals surface area contributed by atoms with Crippen molar-refractivity contribution in [2.45, 2.75) is 33.0 Å². The number of carbonyl (C=O) groups is 1. The zero-order valence-corrected chi connectivity index (χ0v) is 19.5. The SMILES string of the molecule is COc1ccccc1CNC(=O)C(C)N1CCN(Cc2nc(-c3ccc(C)cc3)no2)CC1. The first-order valence-corrected chi connectivity index (χ1v) is 11.3. The van der Waals surface area contributed by atoms with E-state index in [1.807, 2.05) is 55.5 Å². The standard InChI is InChI=1S/C25H31N5O3/c1-18-8-10-20(11-9-18)24-27-23(33-28-24)17-29-12-14-30(15-13-29)19(2)25(31)26-16-21-6-4-5-7-22(21)32-3/h4-11,19H,12-17H2,1-3H3,(H,26,31). The van der Waals surface area contributed by atoms with E-state index in [-0.39, 0.29) is 11.9 Å². The van der Waals surface area contributed by atoms with Crippen molar-refractivity contribution < 1.29 is 14.1 Å². The Kier molecular flexibility index (Phi) is 7.36. The molecule has 1 unspecified atom stereocenters. The van der Waals surface area contributed by atoms with Crippen molar-refractivity contribution in [1.82, 2.24) is 25.3 Å². The van der Waals surface area contributed by atoms with Crippen LogP contribution in [0.4, 0.5) is 0 Å². The molecule has 1 aliphatic rings. The van der Waals surface area contributed by atoms with E-state index < -0.39 is 0 Å². The number of nitrogens with zero attached hydrogens (tertiary/aromatic N) is 4. The lowest BCUT2D eigenvalue weighted by Gasteiger charge is -2.36. The molecule has 0 spiro atoms. The maximum atomic E-state index is 12.7. The number of methoxy groups -OCH3 is 1. The molecule has 0 saturated carbocycles. The number of benzene rings is 2. The third-order valence-electron chi connectivity index (χ3n) is 6.12. The Bertz CT molecular complexity index is 1060. The molecule has 0 bridgehead atoms. The number of carbonyl (C=O) groups excluding carboxylic acids is 1. The van der Waals surface area contributed by atoms with E-state index in [1.54, 1.807) is 7.11 Å². The zero-order chi connectivity index (χ0) is 23.2. The summed E-state index contributed by atoms with van der Waals surface area (Å²) in [6.07, 6.45) is 0. The summed E-state index contributed by atoms with van der Waals surface area (Å²) in [6, 6.07) is 15.6. The van der Waals surface area contributed by atoms with Crippen molar-refractivity contribution in [2.24, 2.45) is 0 Å². The topological polar surface area (TPSA) is 83.7 Å². The Labute approximate surface area is 194 Å². The molecule has 1 amide bonds. The highest BCUT2D eigenvalue weighted by Crippen LogP contribution is 2.19. The van der Waals surface area contributed by atoms with Gasteiger partial charge < -0.3 is 14.6 Å². The lowest BCUT2D eigenvalue weighted by molar-refractivity contribution is -0.126. The predicted molar refractivity (Wildman–Crippen MR) is 126 cm³/mol. The second-order valence-corrected chi connectivity index (χ2v) is 8.40. The van der Waals surface area contributed by atoms with E-state index in [9.17, 15) is 4.79 Å². The van der Waals surface area contributed by atoms with Crippen molar-refractivity contribution in [3.05, 3.63) is 65.5 Å². The fourth-order valence-corrected chi connectivity index (χ4v) is 3.98. The average Bonchev–Trinajstić information content (AvgIpc) is 3.31. The van der Waals surface area contributed by atoms with Crippen molar-refractivity contribution in [1.29, 1.82) is 0 Å². The fourth-order valence-electron chi connectivity index (χ4n) is 3.98. The minimum Gasteiger partial charge on any atom is -0.496 e. The van der Waals surface area contributed by atoms with Gasteiger partial charge in [0.25, 0.3) is 0 Å². The molecule has 0 aliphatic carbocycles. The summed E-state index contributed by atoms with van der Waals surface area (Å²) in [5, 5.41) is 7.16. The molecule has 1 atom stereocenters. The Morgan fingerprint density at radius 2 is 1.85 bits per heavy atom. The van der Waals surface area contributed by atoms with E-state index >= 15 is 0 Å². The van der Waals surface area contributed by atoms with Gasteiger partial charge in [-0.05, 0) is 19.9 Å². The number of hydrogen-bond acceptors (Lipinski definition) is 7. The molecule has 8 nitrogen and oxygen atoms in total. The van der Waals surface area contributed by atoms with Gasteiger partial charge in [0.05, 0.1) is 19.7 Å². The summed E-state index contributed by atoms with van der Waals surface area (Å²) in [5.74, 6) is 2.03. The summed E-state index contributed by atoms with van der Waals surface area (Å²) < 4.78 is 10.8. The minimum atomic E-state index is -0.196. The first-order valence-electron chi connectivity index (χ1n) is 11.3. The van der Waals surface area contributed by atoms with Gasteiger partial charge in [-0.3, -0.25) is 14.6 Å². The van der Waals surface area contributed by atoms with Gasteiger partial charge >= 0.3 is 0 Å². The molecule has 1 saturated heterocycles. The van der Waals surface area contributed by atoms with Crippen LogP contribution in [-0.4, -0.2) is 65.2 Å². The number of ether oxygens (including phenoxy) is 1. The molecular formula is C25H31N5O3. The van der Waals surface area contributed by atoms with Gasteiger partial charge in [-0.2, -0.15) is 4.98 Å². The van der Waals surface area contributed by atoms with Crippen LogP contribution in [-0.2, 0) is 17.9 Å². The largest absolute Gasteiger partial charge is 0.496 e. The summed E-state index contributed by atoms with van der Waals surface area (Å²) in [7, 11) is 1.64. The minimum absolute atomic E-state index is 0.0222. The van der Waals surface area contributed by atoms with Crippen LogP contribution in [0, 0.1) is 6.92 Å². The Hall–Kier alpha value is -3.23. The van der Waals surface area contributed by atoms with Gasteiger partial charge in [0.15, 0.2) is 0 Å². The molecule has 3 aromatic rings. The Morgan fingerprint density at radius 3 is 2.58 bits per heavy atom. The van der Waals surface area contributed by atoms with Crippen LogP contribution in [0.3, 0.4) is 0 Å². The summed E-state index contributed by atoms with van der Waals surface area (Å²) in [5.41, 5.74) is 3.12. The van der Waals surface area contributed by atoms with E-state index in [0.717, 1.165) is 43.1 Å². The van der Waals surface area contributed by atoms with Crippen LogP contribution in [0.2, 0.25) is 0 Å². The third-order valence-corrected chi connectivity index (χ3v) is 6.12. The number of aryl methyl sites for hydroxylation is 1. The van der Waals surface area contributed by atoms with E-state index in [2.05, 4.69) is 32.2 Å². The van der Waals surface area contributed by atoms with Crippen molar-refractivity contribution >= 4 is 5.91 Å². The number of para-hydroxylation sites is 1. The normalized spacial score (nSPS) is 15.8. The molecule has 4 rings (SSSR count). The summed E-state index contributed by atoms with van der Waals surface area (Å²) >= 11 is 0. The highest BCUT2D eigenvalue weighted by molar-refractivity contribution is 5.81. The van der Waals surface area contributed by atoms with Gasteiger partial charge in [-0.15, -0.1) is 0 Å². The highest BCUT2D eigenvalue weighted by Gasteiger charge is 2.26. The highest BCUT2D eigenvalue weighted by atomic mass is 16.5. The second kappa shape index (κ2) is 10.6. The molecule has 8 heteroatoms. The number of rotatable bonds is 8. The third kappa shape index (κ3) is 5.77. The van der Waals surface area contributed by atoms with Crippen molar-refractivity contribution in [3.8, 4) is 17.1 Å². The van der Waals surface area contributed by atoms with E-state index in [1.165, 1.54) is 5.56 Å². The number of piperazine rings is 1. The van der Waals surface area contributed by atoms with Crippen LogP contribution in [0.25, 0.3) is 11.4 Å². The molecule has 2 heterocycles. The molecule has 1 aromatic heterocycles.